The van der Waals surface area contributed by atoms with E-state index in [0.717, 1.165) is 18.7 Å². The van der Waals surface area contributed by atoms with Crippen LogP contribution in [0.1, 0.15) is 18.9 Å². The summed E-state index contributed by atoms with van der Waals surface area (Å²) in [5.74, 6) is -0.881. The highest BCUT2D eigenvalue weighted by Gasteiger charge is 2.22. The Bertz CT molecular complexity index is 502. The van der Waals surface area contributed by atoms with Gasteiger partial charge in [0.05, 0.1) is 13.0 Å². The highest BCUT2D eigenvalue weighted by Crippen LogP contribution is 2.27. The Labute approximate surface area is 118 Å². The van der Waals surface area contributed by atoms with E-state index >= 15 is 0 Å². The molecule has 1 aliphatic heterocycles. The van der Waals surface area contributed by atoms with Gasteiger partial charge in [-0.2, -0.15) is 0 Å². The number of para-hydroxylation sites is 1. The Balaban J connectivity index is 1.96. The van der Waals surface area contributed by atoms with Gasteiger partial charge in [-0.05, 0) is 25.0 Å². The SMILES string of the molecule is CCN(CCC(=O)O)C(=O)CN1CCc2ccccc21. The number of hydrogen-bond acceptors (Lipinski definition) is 3. The van der Waals surface area contributed by atoms with Crippen molar-refractivity contribution < 1.29 is 14.7 Å². The molecule has 0 atom stereocenters. The van der Waals surface area contributed by atoms with E-state index in [9.17, 15) is 9.59 Å². The predicted molar refractivity (Wildman–Crippen MR) is 76.9 cm³/mol. The Morgan fingerprint density at radius 2 is 2.10 bits per heavy atom. The van der Waals surface area contributed by atoms with Gasteiger partial charge in [0, 0.05) is 25.3 Å². The van der Waals surface area contributed by atoms with Crippen LogP contribution >= 0.6 is 0 Å². The van der Waals surface area contributed by atoms with Crippen molar-refractivity contribution in [2.75, 3.05) is 31.1 Å². The highest BCUT2D eigenvalue weighted by atomic mass is 16.4. The first-order valence-electron chi connectivity index (χ1n) is 6.94. The lowest BCUT2D eigenvalue weighted by molar-refractivity contribution is -0.138. The summed E-state index contributed by atoms with van der Waals surface area (Å²) in [5.41, 5.74) is 2.39. The number of nitrogens with zero attached hydrogens (tertiary/aromatic N) is 2. The first-order chi connectivity index (χ1) is 9.61. The fourth-order valence-electron chi connectivity index (χ4n) is 2.52. The number of rotatable bonds is 6. The van der Waals surface area contributed by atoms with Gasteiger partial charge in [-0.25, -0.2) is 0 Å². The number of carbonyl (C=O) groups is 2. The van der Waals surface area contributed by atoms with Crippen LogP contribution in [0.2, 0.25) is 0 Å². The summed E-state index contributed by atoms with van der Waals surface area (Å²) >= 11 is 0. The van der Waals surface area contributed by atoms with Gasteiger partial charge >= 0.3 is 5.97 Å². The van der Waals surface area contributed by atoms with Gasteiger partial charge in [-0.15, -0.1) is 0 Å². The molecule has 1 amide bonds. The topological polar surface area (TPSA) is 60.9 Å². The van der Waals surface area contributed by atoms with E-state index in [2.05, 4.69) is 11.0 Å². The predicted octanol–water partition coefficient (Wildman–Crippen LogP) is 1.37. The van der Waals surface area contributed by atoms with Crippen LogP contribution in [0.25, 0.3) is 0 Å². The van der Waals surface area contributed by atoms with Gasteiger partial charge in [-0.1, -0.05) is 18.2 Å². The molecule has 0 saturated carbocycles. The molecule has 108 valence electrons. The van der Waals surface area contributed by atoms with Crippen LogP contribution in [0.3, 0.4) is 0 Å². The minimum atomic E-state index is -0.872. The maximum atomic E-state index is 12.2. The molecule has 5 heteroatoms. The third kappa shape index (κ3) is 3.29. The summed E-state index contributed by atoms with van der Waals surface area (Å²) < 4.78 is 0. The summed E-state index contributed by atoms with van der Waals surface area (Å²) in [7, 11) is 0. The normalized spacial score (nSPS) is 13.2. The average Bonchev–Trinajstić information content (AvgIpc) is 2.83. The molecule has 1 aliphatic rings. The van der Waals surface area contributed by atoms with Crippen molar-refractivity contribution in [3.8, 4) is 0 Å². The van der Waals surface area contributed by atoms with E-state index in [-0.39, 0.29) is 18.9 Å². The molecule has 1 N–H and O–H groups in total. The van der Waals surface area contributed by atoms with Gasteiger partial charge < -0.3 is 14.9 Å². The molecular weight excluding hydrogens is 256 g/mol. The monoisotopic (exact) mass is 276 g/mol. The van der Waals surface area contributed by atoms with E-state index < -0.39 is 5.97 Å². The summed E-state index contributed by atoms with van der Waals surface area (Å²) in [6.07, 6.45) is 0.959. The van der Waals surface area contributed by atoms with Crippen molar-refractivity contribution in [2.24, 2.45) is 0 Å². The first kappa shape index (κ1) is 14.4. The maximum absolute atomic E-state index is 12.2. The average molecular weight is 276 g/mol. The molecule has 0 fully saturated rings. The number of benzene rings is 1. The van der Waals surface area contributed by atoms with Crippen LogP contribution < -0.4 is 4.90 Å². The van der Waals surface area contributed by atoms with Crippen LogP contribution in [0, 0.1) is 0 Å². The zero-order valence-corrected chi connectivity index (χ0v) is 11.7. The van der Waals surface area contributed by atoms with Crippen LogP contribution in [-0.2, 0) is 16.0 Å². The van der Waals surface area contributed by atoms with Gasteiger partial charge in [0.15, 0.2) is 0 Å². The molecule has 0 bridgehead atoms. The third-order valence-corrected chi connectivity index (χ3v) is 3.64. The molecule has 20 heavy (non-hydrogen) atoms. The molecule has 1 aromatic carbocycles. The van der Waals surface area contributed by atoms with Crippen molar-refractivity contribution in [2.45, 2.75) is 19.8 Å². The summed E-state index contributed by atoms with van der Waals surface area (Å²) in [6.45, 7) is 3.87. The molecule has 0 spiro atoms. The highest BCUT2D eigenvalue weighted by molar-refractivity contribution is 5.82. The van der Waals surface area contributed by atoms with Crippen molar-refractivity contribution in [3.05, 3.63) is 29.8 Å². The van der Waals surface area contributed by atoms with Crippen LogP contribution in [0.15, 0.2) is 24.3 Å². The van der Waals surface area contributed by atoms with E-state index in [1.165, 1.54) is 5.56 Å². The number of carboxylic acid groups (broad SMARTS) is 1. The molecule has 2 rings (SSSR count). The molecule has 0 radical (unpaired) electrons. The van der Waals surface area contributed by atoms with Crippen LogP contribution in [0.4, 0.5) is 5.69 Å². The van der Waals surface area contributed by atoms with Gasteiger partial charge in [-0.3, -0.25) is 9.59 Å². The summed E-state index contributed by atoms with van der Waals surface area (Å²) in [6, 6.07) is 8.10. The number of amides is 1. The Morgan fingerprint density at radius 1 is 1.35 bits per heavy atom. The van der Waals surface area contributed by atoms with Gasteiger partial charge in [0.25, 0.3) is 0 Å². The minimum absolute atomic E-state index is 0.00380. The number of carboxylic acids is 1. The van der Waals surface area contributed by atoms with Crippen LogP contribution in [-0.4, -0.2) is 48.1 Å². The fourth-order valence-corrected chi connectivity index (χ4v) is 2.52. The Hall–Kier alpha value is -2.04. The second-order valence-electron chi connectivity index (χ2n) is 4.92. The zero-order chi connectivity index (χ0) is 14.5. The second-order valence-corrected chi connectivity index (χ2v) is 4.92. The van der Waals surface area contributed by atoms with E-state index in [1.54, 1.807) is 4.90 Å². The van der Waals surface area contributed by atoms with Crippen molar-refractivity contribution in [1.29, 1.82) is 0 Å². The molecule has 1 aromatic rings. The third-order valence-electron chi connectivity index (χ3n) is 3.64. The number of likely N-dealkylation sites (N-methyl/N-ethyl adjacent to an activating group) is 1. The molecule has 5 nitrogen and oxygen atoms in total. The lowest BCUT2D eigenvalue weighted by Gasteiger charge is -2.25. The lowest BCUT2D eigenvalue weighted by atomic mass is 10.2. The molecule has 0 unspecified atom stereocenters. The quantitative estimate of drug-likeness (QED) is 0.852. The smallest absolute Gasteiger partial charge is 0.305 e. The van der Waals surface area contributed by atoms with Crippen molar-refractivity contribution >= 4 is 17.6 Å². The van der Waals surface area contributed by atoms with E-state index in [0.29, 0.717) is 13.1 Å². The lowest BCUT2D eigenvalue weighted by Crippen LogP contribution is -2.40. The van der Waals surface area contributed by atoms with Crippen molar-refractivity contribution in [3.63, 3.8) is 0 Å². The number of fused-ring (bicyclic) bond motifs is 1. The number of aliphatic carboxylic acids is 1. The largest absolute Gasteiger partial charge is 0.481 e. The molecule has 0 aliphatic carbocycles. The molecule has 0 aromatic heterocycles. The first-order valence-corrected chi connectivity index (χ1v) is 6.94. The number of anilines is 1. The van der Waals surface area contributed by atoms with E-state index in [1.807, 2.05) is 25.1 Å². The van der Waals surface area contributed by atoms with Crippen LogP contribution in [0.5, 0.6) is 0 Å². The Kier molecular flexibility index (Phi) is 4.61. The van der Waals surface area contributed by atoms with Crippen molar-refractivity contribution in [1.82, 2.24) is 4.90 Å². The Morgan fingerprint density at radius 3 is 2.80 bits per heavy atom. The zero-order valence-electron chi connectivity index (χ0n) is 11.7. The van der Waals surface area contributed by atoms with E-state index in [4.69, 9.17) is 5.11 Å². The molecular formula is C15H20N2O3. The minimum Gasteiger partial charge on any atom is -0.481 e. The number of hydrogen-bond donors (Lipinski definition) is 1. The van der Waals surface area contributed by atoms with Gasteiger partial charge in [0.1, 0.15) is 0 Å². The van der Waals surface area contributed by atoms with Gasteiger partial charge in [0.2, 0.25) is 5.91 Å². The molecule has 0 saturated heterocycles. The summed E-state index contributed by atoms with van der Waals surface area (Å²) in [5, 5.41) is 8.71. The maximum Gasteiger partial charge on any atom is 0.305 e. The second kappa shape index (κ2) is 6.41. The standard InChI is InChI=1S/C15H20N2O3/c1-2-16(10-8-15(19)20)14(18)11-17-9-7-12-5-3-4-6-13(12)17/h3-6H,2,7-11H2,1H3,(H,19,20). The fraction of sp³-hybridized carbons (Fsp3) is 0.467. The molecule has 1 heterocycles. The number of carbonyl (C=O) groups excluding carboxylic acids is 1. The summed E-state index contributed by atoms with van der Waals surface area (Å²) in [4.78, 5) is 26.5.